The Balaban J connectivity index is 2.09. The van der Waals surface area contributed by atoms with Gasteiger partial charge in [0.05, 0.1) is 0 Å². The van der Waals surface area contributed by atoms with Crippen molar-refractivity contribution in [3.8, 4) is 0 Å². The Labute approximate surface area is 122 Å². The van der Waals surface area contributed by atoms with E-state index in [1.807, 2.05) is 13.8 Å². The molecule has 1 aromatic heterocycles. The Kier molecular flexibility index (Phi) is 4.64. The predicted octanol–water partition coefficient (Wildman–Crippen LogP) is 1.07. The van der Waals surface area contributed by atoms with Crippen LogP contribution in [0, 0.1) is 0 Å². The van der Waals surface area contributed by atoms with Gasteiger partial charge in [-0.05, 0) is 50.0 Å². The van der Waals surface area contributed by atoms with E-state index in [0.717, 1.165) is 18.0 Å². The maximum Gasteiger partial charge on any atom is 0.323 e. The molecule has 1 fully saturated rings. The first-order valence-electron chi connectivity index (χ1n) is 6.83. The minimum Gasteiger partial charge on any atom is -0.480 e. The molecule has 0 radical (unpaired) electrons. The number of nitrogens with zero attached hydrogens (tertiary/aromatic N) is 4. The van der Waals surface area contributed by atoms with E-state index in [4.69, 9.17) is 0 Å². The zero-order valence-electron chi connectivity index (χ0n) is 12.0. The number of carboxylic acid groups (broad SMARTS) is 1. The summed E-state index contributed by atoms with van der Waals surface area (Å²) in [6.45, 7) is 3.96. The number of carboxylic acids is 1. The zero-order valence-corrected chi connectivity index (χ0v) is 12.9. The molecule has 1 aromatic rings. The van der Waals surface area contributed by atoms with Crippen LogP contribution in [0.15, 0.2) is 5.16 Å². The maximum absolute atomic E-state index is 11.7. The fourth-order valence-electron chi connectivity index (χ4n) is 2.73. The number of hydrogen-bond donors (Lipinski definition) is 2. The third-order valence-electron chi connectivity index (χ3n) is 3.53. The molecule has 0 saturated heterocycles. The molecule has 2 N–H and O–H groups in total. The van der Waals surface area contributed by atoms with Crippen molar-refractivity contribution in [2.24, 2.45) is 7.05 Å². The molecule has 1 aliphatic carbocycles. The molecule has 0 bridgehead atoms. The fraction of sp³-hybridized carbons (Fsp3) is 0.833. The molecular formula is C12H21N5O2S. The largest absolute Gasteiger partial charge is 0.480 e. The average molecular weight is 299 g/mol. The standard InChI is InChI=1S/C12H21N5O2S/c1-8(2)13-12(10(18)19)6-4-5-9(7-12)20-11-14-15-16-17(11)3/h8-9,13H,4-7H2,1-3H3,(H,18,19). The predicted molar refractivity (Wildman–Crippen MR) is 75.5 cm³/mol. The van der Waals surface area contributed by atoms with Crippen LogP contribution in [-0.2, 0) is 11.8 Å². The monoisotopic (exact) mass is 299 g/mol. The summed E-state index contributed by atoms with van der Waals surface area (Å²) < 4.78 is 1.62. The van der Waals surface area contributed by atoms with Crippen LogP contribution < -0.4 is 5.32 Å². The molecule has 1 heterocycles. The van der Waals surface area contributed by atoms with Crippen LogP contribution in [0.3, 0.4) is 0 Å². The summed E-state index contributed by atoms with van der Waals surface area (Å²) in [6, 6.07) is 0.145. The molecule has 1 saturated carbocycles. The number of carbonyl (C=O) groups is 1. The van der Waals surface area contributed by atoms with E-state index in [0.29, 0.717) is 12.8 Å². The summed E-state index contributed by atoms with van der Waals surface area (Å²) in [7, 11) is 1.79. The van der Waals surface area contributed by atoms with Gasteiger partial charge in [0.1, 0.15) is 5.54 Å². The minimum atomic E-state index is -0.823. The zero-order chi connectivity index (χ0) is 14.8. The summed E-state index contributed by atoms with van der Waals surface area (Å²) >= 11 is 1.57. The van der Waals surface area contributed by atoms with Crippen molar-refractivity contribution in [3.63, 3.8) is 0 Å². The lowest BCUT2D eigenvalue weighted by Crippen LogP contribution is -2.57. The molecule has 20 heavy (non-hydrogen) atoms. The number of thioether (sulfide) groups is 1. The van der Waals surface area contributed by atoms with Crippen LogP contribution in [0.4, 0.5) is 0 Å². The van der Waals surface area contributed by atoms with Gasteiger partial charge in [0.25, 0.3) is 0 Å². The van der Waals surface area contributed by atoms with Crippen LogP contribution in [0.25, 0.3) is 0 Å². The molecule has 0 aromatic carbocycles. The highest BCUT2D eigenvalue weighted by atomic mass is 32.2. The van der Waals surface area contributed by atoms with E-state index < -0.39 is 11.5 Å². The lowest BCUT2D eigenvalue weighted by molar-refractivity contribution is -0.146. The van der Waals surface area contributed by atoms with Crippen molar-refractivity contribution in [2.75, 3.05) is 0 Å². The average Bonchev–Trinajstić information content (AvgIpc) is 2.74. The van der Waals surface area contributed by atoms with Gasteiger partial charge in [-0.2, -0.15) is 0 Å². The minimum absolute atomic E-state index is 0.145. The van der Waals surface area contributed by atoms with Crippen LogP contribution >= 0.6 is 11.8 Å². The highest BCUT2D eigenvalue weighted by Crippen LogP contribution is 2.37. The second-order valence-electron chi connectivity index (χ2n) is 5.61. The third kappa shape index (κ3) is 3.29. The van der Waals surface area contributed by atoms with Gasteiger partial charge < -0.3 is 5.11 Å². The van der Waals surface area contributed by atoms with Crippen molar-refractivity contribution >= 4 is 17.7 Å². The van der Waals surface area contributed by atoms with Crippen LogP contribution in [0.2, 0.25) is 0 Å². The highest BCUT2D eigenvalue weighted by Gasteiger charge is 2.43. The van der Waals surface area contributed by atoms with E-state index >= 15 is 0 Å². The number of nitrogens with one attached hydrogen (secondary N) is 1. The van der Waals surface area contributed by atoms with Crippen molar-refractivity contribution in [3.05, 3.63) is 0 Å². The normalized spacial score (nSPS) is 26.9. The van der Waals surface area contributed by atoms with Crippen LogP contribution in [0.5, 0.6) is 0 Å². The summed E-state index contributed by atoms with van der Waals surface area (Å²) in [5.41, 5.74) is -0.823. The second-order valence-corrected chi connectivity index (χ2v) is 6.88. The summed E-state index contributed by atoms with van der Waals surface area (Å²) in [5.74, 6) is -0.757. The van der Waals surface area contributed by atoms with E-state index in [1.165, 1.54) is 0 Å². The number of hydrogen-bond acceptors (Lipinski definition) is 6. The first-order valence-corrected chi connectivity index (χ1v) is 7.71. The molecule has 2 unspecified atom stereocenters. The lowest BCUT2D eigenvalue weighted by Gasteiger charge is -2.39. The quantitative estimate of drug-likeness (QED) is 0.840. The molecular weight excluding hydrogens is 278 g/mol. The van der Waals surface area contributed by atoms with Gasteiger partial charge in [-0.25, -0.2) is 4.68 Å². The molecule has 0 aliphatic heterocycles. The molecule has 7 nitrogen and oxygen atoms in total. The number of aromatic nitrogens is 4. The van der Waals surface area contributed by atoms with E-state index in [9.17, 15) is 9.90 Å². The molecule has 0 amide bonds. The molecule has 2 rings (SSSR count). The van der Waals surface area contributed by atoms with Gasteiger partial charge in [0.2, 0.25) is 5.16 Å². The first-order chi connectivity index (χ1) is 9.43. The van der Waals surface area contributed by atoms with Crippen molar-refractivity contribution in [1.82, 2.24) is 25.5 Å². The molecule has 8 heteroatoms. The Morgan fingerprint density at radius 3 is 2.90 bits per heavy atom. The summed E-state index contributed by atoms with van der Waals surface area (Å²) in [4.78, 5) is 11.7. The highest BCUT2D eigenvalue weighted by molar-refractivity contribution is 7.99. The molecule has 0 spiro atoms. The van der Waals surface area contributed by atoms with Crippen molar-refractivity contribution in [1.29, 1.82) is 0 Å². The number of aliphatic carboxylic acids is 1. The topological polar surface area (TPSA) is 92.9 Å². The SMILES string of the molecule is CC(C)NC1(C(=O)O)CCCC(Sc2nnnn2C)C1. The van der Waals surface area contributed by atoms with Gasteiger partial charge in [-0.15, -0.1) is 5.10 Å². The Hall–Kier alpha value is -1.15. The van der Waals surface area contributed by atoms with Gasteiger partial charge in [-0.3, -0.25) is 10.1 Å². The fourth-order valence-corrected chi connectivity index (χ4v) is 3.96. The van der Waals surface area contributed by atoms with Crippen molar-refractivity contribution < 1.29 is 9.90 Å². The van der Waals surface area contributed by atoms with E-state index in [-0.39, 0.29) is 11.3 Å². The molecule has 1 aliphatic rings. The van der Waals surface area contributed by atoms with Gasteiger partial charge >= 0.3 is 5.97 Å². The molecule has 112 valence electrons. The van der Waals surface area contributed by atoms with Crippen LogP contribution in [0.1, 0.15) is 39.5 Å². The first kappa shape index (κ1) is 15.2. The number of tetrazole rings is 1. The summed E-state index contributed by atoms with van der Waals surface area (Å²) in [6.07, 6.45) is 3.16. The van der Waals surface area contributed by atoms with Crippen molar-refractivity contribution in [2.45, 2.75) is 61.5 Å². The van der Waals surface area contributed by atoms with Crippen LogP contribution in [-0.4, -0.2) is 48.1 Å². The van der Waals surface area contributed by atoms with E-state index in [1.54, 1.807) is 23.5 Å². The number of rotatable bonds is 5. The third-order valence-corrected chi connectivity index (χ3v) is 4.83. The summed E-state index contributed by atoms with van der Waals surface area (Å²) in [5, 5.41) is 25.2. The number of aryl methyl sites for hydroxylation is 1. The smallest absolute Gasteiger partial charge is 0.323 e. The Morgan fingerprint density at radius 2 is 2.35 bits per heavy atom. The maximum atomic E-state index is 11.7. The second kappa shape index (κ2) is 6.09. The Bertz CT molecular complexity index is 478. The van der Waals surface area contributed by atoms with E-state index in [2.05, 4.69) is 20.8 Å². The Morgan fingerprint density at radius 1 is 1.60 bits per heavy atom. The van der Waals surface area contributed by atoms with Gasteiger partial charge in [0.15, 0.2) is 0 Å². The van der Waals surface area contributed by atoms with Gasteiger partial charge in [-0.1, -0.05) is 11.8 Å². The van der Waals surface area contributed by atoms with Gasteiger partial charge in [0, 0.05) is 18.3 Å². The lowest BCUT2D eigenvalue weighted by atomic mass is 9.81. The molecule has 2 atom stereocenters.